The fourth-order valence-electron chi connectivity index (χ4n) is 1.85. The van der Waals surface area contributed by atoms with Crippen LogP contribution in [0.5, 0.6) is 0 Å². The average molecular weight is 267 g/mol. The number of rotatable bonds is 7. The molecule has 0 bridgehead atoms. The average Bonchev–Trinajstić information content (AvgIpc) is 2.45. The van der Waals surface area contributed by atoms with E-state index in [1.807, 2.05) is 42.6 Å². The van der Waals surface area contributed by atoms with Gasteiger partial charge in [0.15, 0.2) is 0 Å². The normalized spacial score (nSPS) is 12.9. The molecule has 19 heavy (non-hydrogen) atoms. The molecule has 1 rings (SSSR count). The Morgan fingerprint density at radius 1 is 1.32 bits per heavy atom. The molecule has 1 aromatic rings. The van der Waals surface area contributed by atoms with E-state index in [1.54, 1.807) is 6.92 Å². The van der Waals surface area contributed by atoms with Gasteiger partial charge in [-0.1, -0.05) is 30.3 Å². The second-order valence-electron chi connectivity index (χ2n) is 4.24. The molecule has 0 aliphatic carbocycles. The summed E-state index contributed by atoms with van der Waals surface area (Å²) in [5, 5.41) is 17.8. The van der Waals surface area contributed by atoms with Crippen molar-refractivity contribution >= 4 is 12.8 Å². The first-order valence-electron chi connectivity index (χ1n) is 6.10. The Morgan fingerprint density at radius 2 is 1.89 bits per heavy atom. The summed E-state index contributed by atoms with van der Waals surface area (Å²) in [5.74, 6) is -1.42. The molecule has 0 unspecified atom stereocenters. The SMILES string of the molecule is C=O.C[C@H](NO)[C@@H](CCCc1ccccc1)C(=O)O. The lowest BCUT2D eigenvalue weighted by molar-refractivity contribution is -0.144. The number of hydrogen-bond acceptors (Lipinski definition) is 4. The van der Waals surface area contributed by atoms with E-state index in [1.165, 1.54) is 5.56 Å². The van der Waals surface area contributed by atoms with E-state index in [4.69, 9.17) is 15.1 Å². The van der Waals surface area contributed by atoms with Crippen molar-refractivity contribution in [3.8, 4) is 0 Å². The minimum Gasteiger partial charge on any atom is -0.481 e. The zero-order valence-corrected chi connectivity index (χ0v) is 11.1. The van der Waals surface area contributed by atoms with Crippen LogP contribution in [0.15, 0.2) is 30.3 Å². The van der Waals surface area contributed by atoms with Gasteiger partial charge < -0.3 is 15.1 Å². The van der Waals surface area contributed by atoms with Crippen LogP contribution < -0.4 is 5.48 Å². The number of aliphatic carboxylic acids is 1. The molecule has 2 atom stereocenters. The maximum atomic E-state index is 11.0. The van der Waals surface area contributed by atoms with Crippen LogP contribution in [0.1, 0.15) is 25.3 Å². The van der Waals surface area contributed by atoms with Crippen molar-refractivity contribution in [2.45, 2.75) is 32.2 Å². The highest BCUT2D eigenvalue weighted by atomic mass is 16.5. The highest BCUT2D eigenvalue weighted by molar-refractivity contribution is 5.70. The second-order valence-corrected chi connectivity index (χ2v) is 4.24. The Bertz CT molecular complexity index is 356. The highest BCUT2D eigenvalue weighted by Crippen LogP contribution is 2.14. The van der Waals surface area contributed by atoms with E-state index in [2.05, 4.69) is 0 Å². The van der Waals surface area contributed by atoms with E-state index >= 15 is 0 Å². The molecule has 1 aromatic carbocycles. The van der Waals surface area contributed by atoms with Gasteiger partial charge in [-0.25, -0.2) is 5.48 Å². The molecular formula is C14H21NO4. The molecule has 0 aliphatic rings. The van der Waals surface area contributed by atoms with Crippen molar-refractivity contribution in [1.82, 2.24) is 5.48 Å². The molecule has 0 heterocycles. The Hall–Kier alpha value is -1.72. The molecule has 0 radical (unpaired) electrons. The predicted molar refractivity (Wildman–Crippen MR) is 72.0 cm³/mol. The van der Waals surface area contributed by atoms with Gasteiger partial charge in [0, 0.05) is 6.04 Å². The van der Waals surface area contributed by atoms with Gasteiger partial charge in [0.2, 0.25) is 0 Å². The van der Waals surface area contributed by atoms with Gasteiger partial charge in [-0.3, -0.25) is 4.79 Å². The molecule has 0 saturated heterocycles. The van der Waals surface area contributed by atoms with Crippen molar-refractivity contribution in [3.05, 3.63) is 35.9 Å². The lowest BCUT2D eigenvalue weighted by atomic mass is 9.94. The summed E-state index contributed by atoms with van der Waals surface area (Å²) in [5.41, 5.74) is 3.22. The van der Waals surface area contributed by atoms with Gasteiger partial charge in [-0.2, -0.15) is 0 Å². The van der Waals surface area contributed by atoms with E-state index in [0.717, 1.165) is 12.8 Å². The van der Waals surface area contributed by atoms with Gasteiger partial charge in [0.25, 0.3) is 0 Å². The van der Waals surface area contributed by atoms with Crippen LogP contribution in [-0.4, -0.2) is 29.1 Å². The monoisotopic (exact) mass is 267 g/mol. The lowest BCUT2D eigenvalue weighted by Crippen LogP contribution is -2.36. The molecule has 0 aliphatic heterocycles. The summed E-state index contributed by atoms with van der Waals surface area (Å²) in [6, 6.07) is 9.54. The molecule has 5 nitrogen and oxygen atoms in total. The van der Waals surface area contributed by atoms with Gasteiger partial charge >= 0.3 is 5.97 Å². The lowest BCUT2D eigenvalue weighted by Gasteiger charge is -2.18. The topological polar surface area (TPSA) is 86.6 Å². The molecule has 3 N–H and O–H groups in total. The smallest absolute Gasteiger partial charge is 0.308 e. The number of carboxylic acids is 1. The van der Waals surface area contributed by atoms with E-state index < -0.39 is 17.9 Å². The fourth-order valence-corrected chi connectivity index (χ4v) is 1.85. The van der Waals surface area contributed by atoms with Crippen LogP contribution in [0, 0.1) is 5.92 Å². The minimum absolute atomic E-state index is 0.428. The Kier molecular flexibility index (Phi) is 9.30. The second kappa shape index (κ2) is 10.2. The van der Waals surface area contributed by atoms with Gasteiger partial charge in [-0.05, 0) is 31.7 Å². The largest absolute Gasteiger partial charge is 0.481 e. The van der Waals surface area contributed by atoms with Crippen molar-refractivity contribution in [1.29, 1.82) is 0 Å². The predicted octanol–water partition coefficient (Wildman–Crippen LogP) is 1.89. The van der Waals surface area contributed by atoms with Crippen LogP contribution in [0.4, 0.5) is 0 Å². The number of carboxylic acid groups (broad SMARTS) is 1. The molecule has 106 valence electrons. The number of benzene rings is 1. The third-order valence-electron chi connectivity index (χ3n) is 2.95. The Labute approximate surface area is 113 Å². The molecule has 0 fully saturated rings. The summed E-state index contributed by atoms with van der Waals surface area (Å²) < 4.78 is 0. The van der Waals surface area contributed by atoms with Gasteiger partial charge in [-0.15, -0.1) is 0 Å². The quantitative estimate of drug-likeness (QED) is 0.657. The number of hydroxylamine groups is 1. The Morgan fingerprint density at radius 3 is 2.37 bits per heavy atom. The molecule has 0 saturated carbocycles. The molecule has 0 aromatic heterocycles. The number of nitrogens with one attached hydrogen (secondary N) is 1. The Balaban J connectivity index is 0.00000154. The maximum absolute atomic E-state index is 11.0. The molecular weight excluding hydrogens is 246 g/mol. The zero-order valence-electron chi connectivity index (χ0n) is 11.1. The van der Waals surface area contributed by atoms with Gasteiger partial charge in [0.1, 0.15) is 6.79 Å². The van der Waals surface area contributed by atoms with Crippen molar-refractivity contribution in [3.63, 3.8) is 0 Å². The molecule has 0 spiro atoms. The van der Waals surface area contributed by atoms with Crippen molar-refractivity contribution in [2.24, 2.45) is 5.92 Å². The van der Waals surface area contributed by atoms with Crippen LogP contribution in [0.3, 0.4) is 0 Å². The maximum Gasteiger partial charge on any atom is 0.308 e. The third-order valence-corrected chi connectivity index (χ3v) is 2.95. The summed E-state index contributed by atoms with van der Waals surface area (Å²) in [6.45, 7) is 3.67. The number of aryl methyl sites for hydroxylation is 1. The summed E-state index contributed by atoms with van der Waals surface area (Å²) in [6.07, 6.45) is 2.22. The summed E-state index contributed by atoms with van der Waals surface area (Å²) in [7, 11) is 0. The first kappa shape index (κ1) is 17.3. The first-order valence-corrected chi connectivity index (χ1v) is 6.10. The van der Waals surface area contributed by atoms with Crippen LogP contribution in [0.2, 0.25) is 0 Å². The van der Waals surface area contributed by atoms with E-state index in [-0.39, 0.29) is 0 Å². The van der Waals surface area contributed by atoms with E-state index in [9.17, 15) is 4.79 Å². The highest BCUT2D eigenvalue weighted by Gasteiger charge is 2.23. The standard InChI is InChI=1S/C13H19NO3.CH2O/c1-10(14-17)12(13(15)16)9-5-8-11-6-3-2-4-7-11;1-2/h2-4,6-7,10,12,14,17H,5,8-9H2,1H3,(H,15,16);1H2/t10-,12+;/m0./s1. The first-order chi connectivity index (χ1) is 9.15. The van der Waals surface area contributed by atoms with E-state index in [0.29, 0.717) is 6.42 Å². The number of carbonyl (C=O) groups is 2. The fraction of sp³-hybridized carbons (Fsp3) is 0.429. The minimum atomic E-state index is -0.868. The van der Waals surface area contributed by atoms with Crippen LogP contribution in [-0.2, 0) is 16.0 Å². The summed E-state index contributed by atoms with van der Waals surface area (Å²) >= 11 is 0. The molecule has 5 heteroatoms. The number of hydrogen-bond donors (Lipinski definition) is 3. The zero-order chi connectivity index (χ0) is 14.7. The third kappa shape index (κ3) is 6.69. The van der Waals surface area contributed by atoms with Gasteiger partial charge in [0.05, 0.1) is 5.92 Å². The van der Waals surface area contributed by atoms with Crippen molar-refractivity contribution < 1.29 is 19.9 Å². The van der Waals surface area contributed by atoms with Crippen LogP contribution in [0.25, 0.3) is 0 Å². The molecule has 0 amide bonds. The van der Waals surface area contributed by atoms with Crippen LogP contribution >= 0.6 is 0 Å². The number of carbonyl (C=O) groups excluding carboxylic acids is 1. The summed E-state index contributed by atoms with van der Waals surface area (Å²) in [4.78, 5) is 19.0. The van der Waals surface area contributed by atoms with Crippen molar-refractivity contribution in [2.75, 3.05) is 0 Å².